The Morgan fingerprint density at radius 2 is 2.12 bits per heavy atom. The molecule has 0 aromatic carbocycles. The summed E-state index contributed by atoms with van der Waals surface area (Å²) in [4.78, 5) is 13.9. The van der Waals surface area contributed by atoms with Crippen LogP contribution in [-0.4, -0.2) is 47.4 Å². The van der Waals surface area contributed by atoms with Gasteiger partial charge < -0.3 is 10.2 Å². The molecule has 0 saturated carbocycles. The highest BCUT2D eigenvalue weighted by Gasteiger charge is 2.10. The molecule has 1 aromatic heterocycles. The fourth-order valence-corrected chi connectivity index (χ4v) is 2.06. The molecule has 2 rings (SSSR count). The fourth-order valence-electron chi connectivity index (χ4n) is 2.06. The Morgan fingerprint density at radius 1 is 1.38 bits per heavy atom. The number of hydrogen-bond acceptors (Lipinski definition) is 3. The second kappa shape index (κ2) is 5.32. The number of aromatic amines is 1. The molecule has 1 aliphatic rings. The molecule has 0 aliphatic carbocycles. The van der Waals surface area contributed by atoms with Gasteiger partial charge in [0.15, 0.2) is 0 Å². The van der Waals surface area contributed by atoms with Crippen molar-refractivity contribution in [2.75, 3.05) is 32.7 Å². The van der Waals surface area contributed by atoms with Gasteiger partial charge in [-0.25, -0.2) is 0 Å². The van der Waals surface area contributed by atoms with Crippen LogP contribution in [0.2, 0.25) is 0 Å². The molecule has 90 valence electrons. The molecule has 2 heterocycles. The van der Waals surface area contributed by atoms with E-state index in [9.17, 15) is 4.79 Å². The molecule has 0 bridgehead atoms. The summed E-state index contributed by atoms with van der Waals surface area (Å²) in [5, 5.41) is 6.46. The largest absolute Gasteiger partial charge is 0.314 e. The first-order valence-corrected chi connectivity index (χ1v) is 6.01. The Hall–Kier alpha value is -1.07. The molecular weight excluding hydrogens is 204 g/mol. The summed E-state index contributed by atoms with van der Waals surface area (Å²) in [6, 6.07) is 1.71. The van der Waals surface area contributed by atoms with Crippen LogP contribution in [0.25, 0.3) is 0 Å². The summed E-state index contributed by atoms with van der Waals surface area (Å²) in [5.74, 6) is 0. The molecular formula is C11H20N4O. The first-order chi connectivity index (χ1) is 7.79. The molecule has 1 fully saturated rings. The van der Waals surface area contributed by atoms with E-state index in [0.717, 1.165) is 44.8 Å². The first kappa shape index (κ1) is 11.4. The average molecular weight is 224 g/mol. The van der Waals surface area contributed by atoms with Gasteiger partial charge in [-0.15, -0.1) is 0 Å². The van der Waals surface area contributed by atoms with Crippen LogP contribution < -0.4 is 10.9 Å². The smallest absolute Gasteiger partial charge is 0.266 e. The molecule has 0 unspecified atom stereocenters. The third-order valence-corrected chi connectivity index (χ3v) is 3.07. The molecule has 0 spiro atoms. The van der Waals surface area contributed by atoms with Crippen LogP contribution in [0.15, 0.2) is 10.9 Å². The molecule has 5 heteroatoms. The van der Waals surface area contributed by atoms with Crippen molar-refractivity contribution in [3.63, 3.8) is 0 Å². The van der Waals surface area contributed by atoms with Gasteiger partial charge in [0.1, 0.15) is 0 Å². The minimum absolute atomic E-state index is 0.0813. The molecule has 0 amide bonds. The maximum atomic E-state index is 11.4. The summed E-state index contributed by atoms with van der Waals surface area (Å²) < 4.78 is 1.65. The molecule has 2 N–H and O–H groups in total. The summed E-state index contributed by atoms with van der Waals surface area (Å²) in [7, 11) is 0. The lowest BCUT2D eigenvalue weighted by Gasteiger charge is -2.26. The van der Waals surface area contributed by atoms with Gasteiger partial charge in [-0.2, -0.15) is 0 Å². The van der Waals surface area contributed by atoms with Crippen LogP contribution in [0.1, 0.15) is 12.6 Å². The summed E-state index contributed by atoms with van der Waals surface area (Å²) in [6.45, 7) is 8.09. The van der Waals surface area contributed by atoms with E-state index in [1.54, 1.807) is 10.7 Å². The number of piperazine rings is 1. The number of aryl methyl sites for hydroxylation is 1. The topological polar surface area (TPSA) is 53.1 Å². The zero-order valence-corrected chi connectivity index (χ0v) is 9.83. The van der Waals surface area contributed by atoms with Gasteiger partial charge in [-0.1, -0.05) is 0 Å². The van der Waals surface area contributed by atoms with E-state index in [1.165, 1.54) is 0 Å². The van der Waals surface area contributed by atoms with E-state index in [1.807, 2.05) is 6.92 Å². The van der Waals surface area contributed by atoms with Crippen LogP contribution in [0.5, 0.6) is 0 Å². The van der Waals surface area contributed by atoms with E-state index < -0.39 is 0 Å². The lowest BCUT2D eigenvalue weighted by atomic mass is 10.2. The van der Waals surface area contributed by atoms with Crippen molar-refractivity contribution in [3.8, 4) is 0 Å². The van der Waals surface area contributed by atoms with Crippen LogP contribution in [0, 0.1) is 0 Å². The molecule has 5 nitrogen and oxygen atoms in total. The highest BCUT2D eigenvalue weighted by molar-refractivity contribution is 5.00. The van der Waals surface area contributed by atoms with E-state index in [-0.39, 0.29) is 5.56 Å². The zero-order valence-electron chi connectivity index (χ0n) is 9.83. The lowest BCUT2D eigenvalue weighted by Crippen LogP contribution is -2.44. The number of rotatable bonds is 4. The maximum Gasteiger partial charge on any atom is 0.266 e. The quantitative estimate of drug-likeness (QED) is 0.734. The van der Waals surface area contributed by atoms with Gasteiger partial charge in [0.2, 0.25) is 0 Å². The van der Waals surface area contributed by atoms with Gasteiger partial charge in [0.25, 0.3) is 5.56 Å². The van der Waals surface area contributed by atoms with Crippen LogP contribution in [0.3, 0.4) is 0 Å². The lowest BCUT2D eigenvalue weighted by molar-refractivity contribution is 0.243. The molecule has 1 aliphatic heterocycles. The van der Waals surface area contributed by atoms with Crippen molar-refractivity contribution >= 4 is 0 Å². The Labute approximate surface area is 95.4 Å². The van der Waals surface area contributed by atoms with Crippen molar-refractivity contribution in [2.24, 2.45) is 0 Å². The number of nitrogens with one attached hydrogen (secondary N) is 2. The van der Waals surface area contributed by atoms with E-state index in [2.05, 4.69) is 15.3 Å². The number of aromatic nitrogens is 2. The third kappa shape index (κ3) is 2.74. The van der Waals surface area contributed by atoms with Gasteiger partial charge in [-0.3, -0.25) is 14.6 Å². The minimum atomic E-state index is 0.0813. The van der Waals surface area contributed by atoms with Crippen molar-refractivity contribution in [1.29, 1.82) is 0 Å². The Kier molecular flexibility index (Phi) is 3.79. The van der Waals surface area contributed by atoms with Crippen LogP contribution in [-0.2, 0) is 13.0 Å². The van der Waals surface area contributed by atoms with Crippen molar-refractivity contribution < 1.29 is 0 Å². The SMILES string of the molecule is CCn1[nH]c(CCN2CCNCC2)cc1=O. The van der Waals surface area contributed by atoms with Crippen molar-refractivity contribution in [1.82, 2.24) is 20.0 Å². The fraction of sp³-hybridized carbons (Fsp3) is 0.727. The summed E-state index contributed by atoms with van der Waals surface area (Å²) in [5.41, 5.74) is 1.13. The molecule has 1 saturated heterocycles. The first-order valence-electron chi connectivity index (χ1n) is 6.01. The molecule has 0 radical (unpaired) electrons. The Morgan fingerprint density at radius 3 is 2.75 bits per heavy atom. The normalized spacial score (nSPS) is 17.8. The second-order valence-corrected chi connectivity index (χ2v) is 4.21. The van der Waals surface area contributed by atoms with Crippen molar-refractivity contribution in [2.45, 2.75) is 19.9 Å². The van der Waals surface area contributed by atoms with Gasteiger partial charge in [0, 0.05) is 57.4 Å². The third-order valence-electron chi connectivity index (χ3n) is 3.07. The highest BCUT2D eigenvalue weighted by Crippen LogP contribution is 1.97. The van der Waals surface area contributed by atoms with Gasteiger partial charge in [-0.05, 0) is 6.92 Å². The monoisotopic (exact) mass is 224 g/mol. The second-order valence-electron chi connectivity index (χ2n) is 4.21. The highest BCUT2D eigenvalue weighted by atomic mass is 16.1. The summed E-state index contributed by atoms with van der Waals surface area (Å²) in [6.07, 6.45) is 0.933. The standard InChI is InChI=1S/C11H20N4O/c1-2-15-11(16)9-10(13-15)3-6-14-7-4-12-5-8-14/h9,12-13H,2-8H2,1H3. The predicted molar refractivity (Wildman–Crippen MR) is 63.7 cm³/mol. The maximum absolute atomic E-state index is 11.4. The number of H-pyrrole nitrogens is 1. The number of nitrogens with zero attached hydrogens (tertiary/aromatic N) is 2. The van der Waals surface area contributed by atoms with Gasteiger partial charge >= 0.3 is 0 Å². The van der Waals surface area contributed by atoms with Crippen LogP contribution in [0.4, 0.5) is 0 Å². The predicted octanol–water partition coefficient (Wildman–Crippen LogP) is -0.356. The van der Waals surface area contributed by atoms with E-state index in [4.69, 9.17) is 0 Å². The van der Waals surface area contributed by atoms with Gasteiger partial charge in [0.05, 0.1) is 0 Å². The number of hydrogen-bond donors (Lipinski definition) is 2. The Balaban J connectivity index is 1.86. The van der Waals surface area contributed by atoms with E-state index >= 15 is 0 Å². The molecule has 1 aromatic rings. The van der Waals surface area contributed by atoms with Crippen molar-refractivity contribution in [3.05, 3.63) is 22.1 Å². The minimum Gasteiger partial charge on any atom is -0.314 e. The Bertz CT molecular complexity index is 376. The zero-order chi connectivity index (χ0) is 11.4. The van der Waals surface area contributed by atoms with Crippen LogP contribution >= 0.6 is 0 Å². The van der Waals surface area contributed by atoms with E-state index in [0.29, 0.717) is 6.54 Å². The summed E-state index contributed by atoms with van der Waals surface area (Å²) >= 11 is 0. The molecule has 0 atom stereocenters. The average Bonchev–Trinajstić information content (AvgIpc) is 2.69. The molecule has 16 heavy (non-hydrogen) atoms.